The van der Waals surface area contributed by atoms with Crippen molar-refractivity contribution in [1.82, 2.24) is 0 Å². The van der Waals surface area contributed by atoms with E-state index in [0.717, 1.165) is 22.0 Å². The van der Waals surface area contributed by atoms with Crippen LogP contribution in [0, 0.1) is 5.92 Å². The molecule has 26 heavy (non-hydrogen) atoms. The third-order valence-electron chi connectivity index (χ3n) is 4.37. The van der Waals surface area contributed by atoms with E-state index < -0.39 is 21.8 Å². The molecule has 136 valence electrons. The van der Waals surface area contributed by atoms with Gasteiger partial charge < -0.3 is 5.32 Å². The predicted molar refractivity (Wildman–Crippen MR) is 101 cm³/mol. The molecule has 1 fully saturated rings. The van der Waals surface area contributed by atoms with Crippen molar-refractivity contribution in [3.63, 3.8) is 0 Å². The number of sulfonamides is 1. The zero-order chi connectivity index (χ0) is 18.9. The van der Waals surface area contributed by atoms with Crippen molar-refractivity contribution < 1.29 is 18.0 Å². The molecule has 0 radical (unpaired) electrons. The van der Waals surface area contributed by atoms with E-state index in [1.807, 2.05) is 31.2 Å². The number of rotatable bonds is 4. The molecule has 1 N–H and O–H groups in total. The number of nitrogens with zero attached hydrogens (tertiary/aromatic N) is 1. The second-order valence-electron chi connectivity index (χ2n) is 6.29. The Hall–Kier alpha value is -2.67. The summed E-state index contributed by atoms with van der Waals surface area (Å²) in [5.74, 6) is -1.49. The molecule has 0 unspecified atom stereocenters. The first-order chi connectivity index (χ1) is 12.3. The summed E-state index contributed by atoms with van der Waals surface area (Å²) in [6, 6.07) is 13.5. The summed E-state index contributed by atoms with van der Waals surface area (Å²) in [5, 5.41) is 2.86. The van der Waals surface area contributed by atoms with Gasteiger partial charge in [-0.2, -0.15) is 0 Å². The lowest BCUT2D eigenvalue weighted by molar-refractivity contribution is -0.119. The number of amides is 2. The minimum Gasteiger partial charge on any atom is -0.322 e. The maximum absolute atomic E-state index is 12.4. The van der Waals surface area contributed by atoms with Crippen molar-refractivity contribution in [2.24, 2.45) is 5.92 Å². The summed E-state index contributed by atoms with van der Waals surface area (Å²) in [6.45, 7) is 3.60. The van der Waals surface area contributed by atoms with E-state index in [1.165, 1.54) is 24.3 Å². The molecule has 3 rings (SSSR count). The molecule has 0 saturated carbocycles. The SMILES string of the molecule is CCc1ccccc1NC(=O)c1ccc(N2C(=O)[C@@H](C)CS2(=O)=O)cc1. The second kappa shape index (κ2) is 6.92. The third-order valence-corrected chi connectivity index (χ3v) is 6.24. The van der Waals surface area contributed by atoms with Crippen LogP contribution in [0.15, 0.2) is 48.5 Å². The van der Waals surface area contributed by atoms with Crippen LogP contribution in [0.25, 0.3) is 0 Å². The average molecular weight is 372 g/mol. The van der Waals surface area contributed by atoms with E-state index in [2.05, 4.69) is 5.32 Å². The van der Waals surface area contributed by atoms with Gasteiger partial charge in [0.05, 0.1) is 17.4 Å². The van der Waals surface area contributed by atoms with Gasteiger partial charge in [0.2, 0.25) is 15.9 Å². The molecule has 2 aromatic rings. The van der Waals surface area contributed by atoms with Crippen molar-refractivity contribution in [2.75, 3.05) is 15.4 Å². The molecular weight excluding hydrogens is 352 g/mol. The minimum absolute atomic E-state index is 0.193. The van der Waals surface area contributed by atoms with Crippen LogP contribution >= 0.6 is 0 Å². The molecule has 1 aliphatic heterocycles. The number of nitrogens with one attached hydrogen (secondary N) is 1. The van der Waals surface area contributed by atoms with Crippen LogP contribution in [-0.4, -0.2) is 26.0 Å². The molecule has 7 heteroatoms. The minimum atomic E-state index is -3.65. The molecule has 0 aliphatic carbocycles. The molecule has 2 aromatic carbocycles. The van der Waals surface area contributed by atoms with E-state index in [-0.39, 0.29) is 17.3 Å². The number of hydrogen-bond acceptors (Lipinski definition) is 4. The van der Waals surface area contributed by atoms with Gasteiger partial charge in [-0.1, -0.05) is 32.0 Å². The molecular formula is C19H20N2O4S. The van der Waals surface area contributed by atoms with Crippen molar-refractivity contribution in [1.29, 1.82) is 0 Å². The lowest BCUT2D eigenvalue weighted by Crippen LogP contribution is -2.30. The highest BCUT2D eigenvalue weighted by atomic mass is 32.2. The van der Waals surface area contributed by atoms with E-state index in [1.54, 1.807) is 6.92 Å². The van der Waals surface area contributed by atoms with Gasteiger partial charge in [-0.15, -0.1) is 0 Å². The highest BCUT2D eigenvalue weighted by molar-refractivity contribution is 7.94. The van der Waals surface area contributed by atoms with Crippen LogP contribution in [0.3, 0.4) is 0 Å². The van der Waals surface area contributed by atoms with Crippen LogP contribution in [0.5, 0.6) is 0 Å². The summed E-state index contributed by atoms with van der Waals surface area (Å²) in [5.41, 5.74) is 2.41. The first kappa shape index (κ1) is 18.1. The fraction of sp³-hybridized carbons (Fsp3) is 0.263. The number of hydrogen-bond donors (Lipinski definition) is 1. The fourth-order valence-electron chi connectivity index (χ4n) is 2.98. The van der Waals surface area contributed by atoms with Gasteiger partial charge in [-0.05, 0) is 42.3 Å². The molecule has 6 nitrogen and oxygen atoms in total. The zero-order valence-corrected chi connectivity index (χ0v) is 15.4. The van der Waals surface area contributed by atoms with Gasteiger partial charge in [0, 0.05) is 11.3 Å². The van der Waals surface area contributed by atoms with E-state index in [0.29, 0.717) is 5.56 Å². The summed E-state index contributed by atoms with van der Waals surface area (Å²) in [6.07, 6.45) is 0.794. The Morgan fingerprint density at radius 1 is 1.15 bits per heavy atom. The van der Waals surface area contributed by atoms with Crippen molar-refractivity contribution in [3.05, 3.63) is 59.7 Å². The van der Waals surface area contributed by atoms with Crippen LogP contribution in [0.1, 0.15) is 29.8 Å². The van der Waals surface area contributed by atoms with Gasteiger partial charge in [0.25, 0.3) is 5.91 Å². The molecule has 1 saturated heterocycles. The molecule has 1 aliphatic rings. The Kier molecular flexibility index (Phi) is 4.82. The smallest absolute Gasteiger partial charge is 0.255 e. The molecule has 0 spiro atoms. The Balaban J connectivity index is 1.82. The summed E-state index contributed by atoms with van der Waals surface area (Å²) in [7, 11) is -3.65. The quantitative estimate of drug-likeness (QED) is 0.894. The van der Waals surface area contributed by atoms with E-state index in [4.69, 9.17) is 0 Å². The predicted octanol–water partition coefficient (Wildman–Crippen LogP) is 2.81. The number of anilines is 2. The topological polar surface area (TPSA) is 83.6 Å². The van der Waals surface area contributed by atoms with Crippen LogP contribution in [0.4, 0.5) is 11.4 Å². The zero-order valence-electron chi connectivity index (χ0n) is 14.6. The van der Waals surface area contributed by atoms with Crippen LogP contribution in [-0.2, 0) is 21.2 Å². The standard InChI is InChI=1S/C19H20N2O4S/c1-3-14-6-4-5-7-17(14)20-18(22)15-8-10-16(11-9-15)21-19(23)13(2)12-26(21,24)25/h4-11,13H,3,12H2,1-2H3,(H,20,22)/t13-/m0/s1. The van der Waals surface area contributed by atoms with Gasteiger partial charge in [-0.3, -0.25) is 9.59 Å². The number of benzene rings is 2. The van der Waals surface area contributed by atoms with Gasteiger partial charge in [0.1, 0.15) is 0 Å². The summed E-state index contributed by atoms with van der Waals surface area (Å²) in [4.78, 5) is 24.6. The molecule has 0 bridgehead atoms. The molecule has 1 heterocycles. The number of carbonyl (C=O) groups is 2. The lowest BCUT2D eigenvalue weighted by Gasteiger charge is -2.15. The normalized spacial score (nSPS) is 18.8. The first-order valence-electron chi connectivity index (χ1n) is 8.39. The highest BCUT2D eigenvalue weighted by Gasteiger charge is 2.41. The monoisotopic (exact) mass is 372 g/mol. The van der Waals surface area contributed by atoms with Crippen molar-refractivity contribution in [3.8, 4) is 0 Å². The largest absolute Gasteiger partial charge is 0.322 e. The average Bonchev–Trinajstić information content (AvgIpc) is 2.82. The highest BCUT2D eigenvalue weighted by Crippen LogP contribution is 2.28. The van der Waals surface area contributed by atoms with Gasteiger partial charge in [0.15, 0.2) is 0 Å². The van der Waals surface area contributed by atoms with Crippen molar-refractivity contribution >= 4 is 33.2 Å². The van der Waals surface area contributed by atoms with Crippen LogP contribution < -0.4 is 9.62 Å². The fourth-order valence-corrected chi connectivity index (χ4v) is 4.80. The Morgan fingerprint density at radius 2 is 1.81 bits per heavy atom. The molecule has 1 atom stereocenters. The molecule has 2 amide bonds. The maximum Gasteiger partial charge on any atom is 0.255 e. The summed E-state index contributed by atoms with van der Waals surface area (Å²) >= 11 is 0. The number of carbonyl (C=O) groups excluding carboxylic acids is 2. The first-order valence-corrected chi connectivity index (χ1v) is 10.0. The Bertz CT molecular complexity index is 952. The number of para-hydroxylation sites is 1. The lowest BCUT2D eigenvalue weighted by atomic mass is 10.1. The van der Waals surface area contributed by atoms with E-state index in [9.17, 15) is 18.0 Å². The van der Waals surface area contributed by atoms with Gasteiger partial charge >= 0.3 is 0 Å². The maximum atomic E-state index is 12.4. The summed E-state index contributed by atoms with van der Waals surface area (Å²) < 4.78 is 25.1. The van der Waals surface area contributed by atoms with E-state index >= 15 is 0 Å². The number of aryl methyl sites for hydroxylation is 1. The second-order valence-corrected chi connectivity index (χ2v) is 8.16. The molecule has 0 aromatic heterocycles. The third kappa shape index (κ3) is 3.35. The Morgan fingerprint density at radius 3 is 2.38 bits per heavy atom. The Labute approximate surface area is 152 Å². The van der Waals surface area contributed by atoms with Crippen molar-refractivity contribution in [2.45, 2.75) is 20.3 Å². The van der Waals surface area contributed by atoms with Gasteiger partial charge in [-0.25, -0.2) is 12.7 Å². The van der Waals surface area contributed by atoms with Crippen LogP contribution in [0.2, 0.25) is 0 Å².